The number of imide groups is 1. The third-order valence-electron chi connectivity index (χ3n) is 5.87. The Kier molecular flexibility index (Phi) is 5.05. The molecule has 28 heavy (non-hydrogen) atoms. The number of hydrogen-bond donors (Lipinski definition) is 1. The van der Waals surface area contributed by atoms with Crippen molar-refractivity contribution in [2.45, 2.75) is 19.3 Å². The van der Waals surface area contributed by atoms with Crippen molar-refractivity contribution < 1.29 is 23.9 Å². The summed E-state index contributed by atoms with van der Waals surface area (Å²) >= 11 is 11.7. The van der Waals surface area contributed by atoms with Crippen LogP contribution in [0.2, 0.25) is 10.0 Å². The Morgan fingerprint density at radius 2 is 1.71 bits per heavy atom. The van der Waals surface area contributed by atoms with E-state index in [0.717, 1.165) is 24.2 Å². The molecule has 2 saturated carbocycles. The normalized spacial score (nSPS) is 27.9. The van der Waals surface area contributed by atoms with Crippen LogP contribution in [-0.2, 0) is 23.9 Å². The molecule has 1 saturated heterocycles. The van der Waals surface area contributed by atoms with Gasteiger partial charge in [-0.3, -0.25) is 24.1 Å². The molecule has 4 rings (SSSR count). The lowest BCUT2D eigenvalue weighted by atomic mass is 9.81. The monoisotopic (exact) mass is 424 g/mol. The van der Waals surface area contributed by atoms with E-state index in [4.69, 9.17) is 27.9 Å². The summed E-state index contributed by atoms with van der Waals surface area (Å²) in [6.07, 6.45) is 2.87. The first-order valence-electron chi connectivity index (χ1n) is 9.11. The maximum absolute atomic E-state index is 12.6. The summed E-state index contributed by atoms with van der Waals surface area (Å²) in [7, 11) is 0. The molecule has 3 aliphatic rings. The van der Waals surface area contributed by atoms with E-state index in [1.807, 2.05) is 0 Å². The molecule has 1 aliphatic heterocycles. The second-order valence-electron chi connectivity index (χ2n) is 7.49. The molecule has 7 nitrogen and oxygen atoms in total. The summed E-state index contributed by atoms with van der Waals surface area (Å²) in [5.41, 5.74) is 0.406. The average molecular weight is 425 g/mol. The molecule has 2 aliphatic carbocycles. The maximum Gasteiger partial charge on any atom is 0.326 e. The van der Waals surface area contributed by atoms with Gasteiger partial charge in [-0.15, -0.1) is 0 Å². The summed E-state index contributed by atoms with van der Waals surface area (Å²) in [5.74, 6) is -1.97. The third kappa shape index (κ3) is 3.37. The predicted octanol–water partition coefficient (Wildman–Crippen LogP) is 2.51. The van der Waals surface area contributed by atoms with E-state index in [1.54, 1.807) is 6.07 Å². The first-order chi connectivity index (χ1) is 13.3. The van der Waals surface area contributed by atoms with E-state index >= 15 is 0 Å². The van der Waals surface area contributed by atoms with E-state index in [2.05, 4.69) is 5.32 Å². The van der Waals surface area contributed by atoms with Crippen LogP contribution in [0.25, 0.3) is 0 Å². The molecule has 2 bridgehead atoms. The lowest BCUT2D eigenvalue weighted by Crippen LogP contribution is -2.38. The second kappa shape index (κ2) is 7.37. The van der Waals surface area contributed by atoms with Gasteiger partial charge in [0.25, 0.3) is 5.91 Å². The van der Waals surface area contributed by atoms with E-state index < -0.39 is 25.0 Å². The lowest BCUT2D eigenvalue weighted by Gasteiger charge is -2.19. The fraction of sp³-hybridized carbons (Fsp3) is 0.474. The van der Waals surface area contributed by atoms with Crippen molar-refractivity contribution in [3.8, 4) is 0 Å². The van der Waals surface area contributed by atoms with Gasteiger partial charge in [-0.05, 0) is 49.3 Å². The molecule has 0 spiro atoms. The first-order valence-corrected chi connectivity index (χ1v) is 9.86. The number of amides is 3. The van der Waals surface area contributed by atoms with Crippen molar-refractivity contribution in [2.24, 2.45) is 23.7 Å². The van der Waals surface area contributed by atoms with Crippen LogP contribution in [0.3, 0.4) is 0 Å². The number of benzene rings is 1. The van der Waals surface area contributed by atoms with Crippen molar-refractivity contribution in [1.82, 2.24) is 4.90 Å². The van der Waals surface area contributed by atoms with Crippen molar-refractivity contribution in [2.75, 3.05) is 18.5 Å². The number of carbonyl (C=O) groups is 4. The van der Waals surface area contributed by atoms with Gasteiger partial charge in [-0.25, -0.2) is 0 Å². The fourth-order valence-electron chi connectivity index (χ4n) is 4.72. The van der Waals surface area contributed by atoms with Crippen LogP contribution in [0.1, 0.15) is 19.3 Å². The average Bonchev–Trinajstić information content (AvgIpc) is 3.33. The van der Waals surface area contributed by atoms with Gasteiger partial charge in [0.15, 0.2) is 6.61 Å². The van der Waals surface area contributed by atoms with Gasteiger partial charge in [0.05, 0.1) is 21.9 Å². The van der Waals surface area contributed by atoms with E-state index in [9.17, 15) is 19.2 Å². The number of likely N-dealkylation sites (tertiary alicyclic amines) is 1. The Morgan fingerprint density at radius 1 is 1.07 bits per heavy atom. The van der Waals surface area contributed by atoms with E-state index in [-0.39, 0.29) is 40.5 Å². The van der Waals surface area contributed by atoms with Crippen LogP contribution in [-0.4, -0.2) is 41.7 Å². The number of ether oxygens (including phenoxy) is 1. The first kappa shape index (κ1) is 19.2. The zero-order valence-corrected chi connectivity index (χ0v) is 16.3. The number of hydrogen-bond acceptors (Lipinski definition) is 5. The Hall–Kier alpha value is -2.12. The van der Waals surface area contributed by atoms with Gasteiger partial charge in [0.2, 0.25) is 11.8 Å². The van der Waals surface area contributed by atoms with Gasteiger partial charge in [-0.2, -0.15) is 0 Å². The lowest BCUT2D eigenvalue weighted by molar-refractivity contribution is -0.154. The molecule has 0 aromatic heterocycles. The smallest absolute Gasteiger partial charge is 0.326 e. The van der Waals surface area contributed by atoms with Crippen molar-refractivity contribution >= 4 is 52.6 Å². The minimum Gasteiger partial charge on any atom is -0.454 e. The largest absolute Gasteiger partial charge is 0.454 e. The van der Waals surface area contributed by atoms with Gasteiger partial charge in [-0.1, -0.05) is 23.2 Å². The van der Waals surface area contributed by atoms with E-state index in [0.29, 0.717) is 10.7 Å². The topological polar surface area (TPSA) is 92.8 Å². The number of anilines is 1. The van der Waals surface area contributed by atoms with Crippen LogP contribution < -0.4 is 5.32 Å². The maximum atomic E-state index is 12.6. The summed E-state index contributed by atoms with van der Waals surface area (Å²) in [4.78, 5) is 50.1. The molecule has 0 unspecified atom stereocenters. The number of nitrogens with one attached hydrogen (secondary N) is 1. The van der Waals surface area contributed by atoms with Gasteiger partial charge < -0.3 is 10.1 Å². The number of rotatable bonds is 5. The third-order valence-corrected chi connectivity index (χ3v) is 6.61. The Bertz CT molecular complexity index is 846. The number of nitrogens with zero attached hydrogens (tertiary/aromatic N) is 1. The minimum atomic E-state index is -0.793. The Balaban J connectivity index is 1.29. The molecular weight excluding hydrogens is 407 g/mol. The van der Waals surface area contributed by atoms with Crippen molar-refractivity contribution in [3.63, 3.8) is 0 Å². The molecule has 9 heteroatoms. The number of fused-ring (bicyclic) bond motifs is 5. The Morgan fingerprint density at radius 3 is 2.32 bits per heavy atom. The molecule has 148 valence electrons. The zero-order valence-electron chi connectivity index (χ0n) is 14.8. The number of carbonyl (C=O) groups excluding carboxylic acids is 4. The SMILES string of the molecule is O=C(COC(=O)CN1C(=O)[C@H]2[C@H]3CC[C@@H](C3)[C@@H]2C1=O)Nc1ccc(Cl)c(Cl)c1. The second-order valence-corrected chi connectivity index (χ2v) is 8.30. The number of esters is 1. The molecule has 0 radical (unpaired) electrons. The summed E-state index contributed by atoms with van der Waals surface area (Å²) in [5, 5.41) is 3.15. The fourth-order valence-corrected chi connectivity index (χ4v) is 5.02. The van der Waals surface area contributed by atoms with Crippen LogP contribution in [0, 0.1) is 23.7 Å². The highest BCUT2D eigenvalue weighted by Gasteiger charge is 2.61. The molecule has 1 aromatic carbocycles. The predicted molar refractivity (Wildman–Crippen MR) is 101 cm³/mol. The number of halogens is 2. The molecule has 1 heterocycles. The Labute approximate surface area is 171 Å². The summed E-state index contributed by atoms with van der Waals surface area (Å²) < 4.78 is 4.92. The van der Waals surface area contributed by atoms with Gasteiger partial charge in [0.1, 0.15) is 6.54 Å². The standard InChI is InChI=1S/C19H18Cl2N2O5/c20-12-4-3-11(6-13(12)21)22-14(24)8-28-15(25)7-23-18(26)16-9-1-2-10(5-9)17(16)19(23)27/h3-4,6,9-10,16-17H,1-2,5,7-8H2,(H,22,24)/t9-,10-,16-,17-/m0/s1. The van der Waals surface area contributed by atoms with Crippen molar-refractivity contribution in [1.29, 1.82) is 0 Å². The van der Waals surface area contributed by atoms with Gasteiger partial charge in [0, 0.05) is 5.69 Å². The minimum absolute atomic E-state index is 0.254. The highest BCUT2D eigenvalue weighted by Crippen LogP contribution is 2.56. The summed E-state index contributed by atoms with van der Waals surface area (Å²) in [6.45, 7) is -0.989. The van der Waals surface area contributed by atoms with Crippen LogP contribution >= 0.6 is 23.2 Å². The highest BCUT2D eigenvalue weighted by molar-refractivity contribution is 6.42. The summed E-state index contributed by atoms with van der Waals surface area (Å²) in [6, 6.07) is 4.56. The zero-order chi connectivity index (χ0) is 20.0. The molecule has 3 amide bonds. The van der Waals surface area contributed by atoms with Crippen molar-refractivity contribution in [3.05, 3.63) is 28.2 Å². The van der Waals surface area contributed by atoms with E-state index in [1.165, 1.54) is 12.1 Å². The molecule has 1 aromatic rings. The molecule has 3 fully saturated rings. The molecular formula is C19H18Cl2N2O5. The molecule has 4 atom stereocenters. The van der Waals surface area contributed by atoms with Crippen LogP contribution in [0.4, 0.5) is 5.69 Å². The quantitative estimate of drug-likeness (QED) is 0.578. The van der Waals surface area contributed by atoms with Gasteiger partial charge >= 0.3 is 5.97 Å². The van der Waals surface area contributed by atoms with Crippen LogP contribution in [0.15, 0.2) is 18.2 Å². The van der Waals surface area contributed by atoms with Crippen LogP contribution in [0.5, 0.6) is 0 Å². The molecule has 1 N–H and O–H groups in total. The highest BCUT2D eigenvalue weighted by atomic mass is 35.5.